The second-order valence-electron chi connectivity index (χ2n) is 6.71. The van der Waals surface area contributed by atoms with Gasteiger partial charge in [-0.05, 0) is 53.9 Å². The molecule has 0 saturated heterocycles. The van der Waals surface area contributed by atoms with Crippen molar-refractivity contribution < 1.29 is 23.0 Å². The highest BCUT2D eigenvalue weighted by Gasteiger charge is 2.34. The van der Waals surface area contributed by atoms with Crippen LogP contribution < -0.4 is 14.8 Å². The molecule has 0 aliphatic heterocycles. The topological polar surface area (TPSA) is 65.4 Å². The average Bonchev–Trinajstić information content (AvgIpc) is 3.44. The lowest BCUT2D eigenvalue weighted by Crippen LogP contribution is -2.31. The Labute approximate surface area is 170 Å². The summed E-state index contributed by atoms with van der Waals surface area (Å²) in [5, 5.41) is 6.84. The van der Waals surface area contributed by atoms with E-state index in [1.54, 1.807) is 32.4 Å². The number of carbonyl (C=O) groups excluding carboxylic acids is 1. The number of amides is 1. The Kier molecular flexibility index (Phi) is 6.22. The Hall–Kier alpha value is -2.16. The van der Waals surface area contributed by atoms with Crippen LogP contribution in [0.4, 0.5) is 8.78 Å². The Bertz CT molecular complexity index is 868. The molecule has 1 aromatic carbocycles. The minimum atomic E-state index is -2.70. The molecule has 1 atom stereocenters. The number of rotatable bonds is 8. The molecule has 1 N–H and O–H groups in total. The number of halogens is 3. The van der Waals surface area contributed by atoms with Gasteiger partial charge in [0.25, 0.3) is 6.43 Å². The molecule has 1 fully saturated rings. The number of benzene rings is 1. The first kappa shape index (κ1) is 20.6. The van der Waals surface area contributed by atoms with Gasteiger partial charge in [0.05, 0.1) is 30.4 Å². The smallest absolute Gasteiger partial charge is 0.283 e. The third kappa shape index (κ3) is 4.29. The molecule has 1 heterocycles. The highest BCUT2D eigenvalue weighted by Crippen LogP contribution is 2.45. The zero-order valence-electron chi connectivity index (χ0n) is 15.8. The summed E-state index contributed by atoms with van der Waals surface area (Å²) in [6.45, 7) is 1.69. The number of ether oxygens (including phenoxy) is 2. The summed E-state index contributed by atoms with van der Waals surface area (Å²) in [7, 11) is 3.11. The maximum atomic E-state index is 13.2. The van der Waals surface area contributed by atoms with Gasteiger partial charge in [0, 0.05) is 11.5 Å². The fraction of sp³-hybridized carbons (Fsp3) is 0.474. The van der Waals surface area contributed by atoms with Crippen molar-refractivity contribution in [3.63, 3.8) is 0 Å². The van der Waals surface area contributed by atoms with Gasteiger partial charge in [0.15, 0.2) is 0 Å². The number of hydrogen-bond donors (Lipinski definition) is 1. The van der Waals surface area contributed by atoms with Gasteiger partial charge in [0.1, 0.15) is 23.7 Å². The fourth-order valence-electron chi connectivity index (χ4n) is 3.16. The van der Waals surface area contributed by atoms with Crippen LogP contribution in [0.25, 0.3) is 0 Å². The van der Waals surface area contributed by atoms with E-state index in [-0.39, 0.29) is 30.1 Å². The quantitative estimate of drug-likeness (QED) is 0.639. The van der Waals surface area contributed by atoms with Gasteiger partial charge in [-0.2, -0.15) is 5.10 Å². The van der Waals surface area contributed by atoms with Crippen molar-refractivity contribution >= 4 is 21.8 Å². The van der Waals surface area contributed by atoms with Crippen molar-refractivity contribution in [2.24, 2.45) is 0 Å². The van der Waals surface area contributed by atoms with Crippen LogP contribution in [-0.4, -0.2) is 29.9 Å². The zero-order chi connectivity index (χ0) is 20.4. The molecule has 1 aromatic heterocycles. The lowest BCUT2D eigenvalue weighted by molar-refractivity contribution is -0.122. The molecule has 1 saturated carbocycles. The minimum absolute atomic E-state index is 0.131. The second-order valence-corrected chi connectivity index (χ2v) is 7.51. The van der Waals surface area contributed by atoms with Crippen LogP contribution in [0, 0.1) is 0 Å². The molecule has 0 bridgehead atoms. The van der Waals surface area contributed by atoms with Crippen molar-refractivity contribution in [3.05, 3.63) is 39.6 Å². The van der Waals surface area contributed by atoms with E-state index in [4.69, 9.17) is 9.47 Å². The molecule has 1 aliphatic rings. The molecule has 3 rings (SSSR count). The van der Waals surface area contributed by atoms with Crippen molar-refractivity contribution in [2.75, 3.05) is 14.2 Å². The molecule has 28 heavy (non-hydrogen) atoms. The maximum absolute atomic E-state index is 13.2. The van der Waals surface area contributed by atoms with Crippen molar-refractivity contribution in [3.8, 4) is 11.5 Å². The Balaban J connectivity index is 1.77. The number of aromatic nitrogens is 2. The van der Waals surface area contributed by atoms with Crippen LogP contribution in [0.3, 0.4) is 0 Å². The van der Waals surface area contributed by atoms with Crippen molar-refractivity contribution in [1.82, 2.24) is 15.1 Å². The number of alkyl halides is 2. The van der Waals surface area contributed by atoms with Crippen LogP contribution in [0.15, 0.2) is 22.7 Å². The predicted molar refractivity (Wildman–Crippen MR) is 103 cm³/mol. The van der Waals surface area contributed by atoms with E-state index in [9.17, 15) is 13.6 Å². The molecule has 9 heteroatoms. The summed E-state index contributed by atoms with van der Waals surface area (Å²) in [5.41, 5.74) is 1.10. The Morgan fingerprint density at radius 1 is 1.36 bits per heavy atom. The first-order valence-corrected chi connectivity index (χ1v) is 9.70. The van der Waals surface area contributed by atoms with Gasteiger partial charge >= 0.3 is 0 Å². The van der Waals surface area contributed by atoms with Crippen LogP contribution in [0.5, 0.6) is 11.5 Å². The highest BCUT2D eigenvalue weighted by atomic mass is 79.9. The molecule has 1 unspecified atom stereocenters. The van der Waals surface area contributed by atoms with Crippen molar-refractivity contribution in [1.29, 1.82) is 0 Å². The fourth-order valence-corrected chi connectivity index (χ4v) is 3.94. The predicted octanol–water partition coefficient (Wildman–Crippen LogP) is 4.36. The van der Waals surface area contributed by atoms with Gasteiger partial charge in [-0.3, -0.25) is 9.48 Å². The van der Waals surface area contributed by atoms with E-state index in [0.29, 0.717) is 21.7 Å². The monoisotopic (exact) mass is 457 g/mol. The summed E-state index contributed by atoms with van der Waals surface area (Å²) >= 11 is 3.23. The zero-order valence-corrected chi connectivity index (χ0v) is 17.4. The summed E-state index contributed by atoms with van der Waals surface area (Å²) in [6, 6.07) is 4.96. The third-order valence-electron chi connectivity index (χ3n) is 4.70. The molecule has 2 aromatic rings. The summed E-state index contributed by atoms with van der Waals surface area (Å²) in [4.78, 5) is 12.6. The van der Waals surface area contributed by atoms with Crippen LogP contribution in [0.1, 0.15) is 55.1 Å². The van der Waals surface area contributed by atoms with Crippen LogP contribution in [0.2, 0.25) is 0 Å². The second kappa shape index (κ2) is 8.46. The minimum Gasteiger partial charge on any atom is -0.497 e. The number of methoxy groups -OCH3 is 2. The first-order chi connectivity index (χ1) is 13.3. The molecular weight excluding hydrogens is 436 g/mol. The summed E-state index contributed by atoms with van der Waals surface area (Å²) < 4.78 is 38.7. The molecular formula is C19H22BrF2N3O3. The third-order valence-corrected chi connectivity index (χ3v) is 5.51. The van der Waals surface area contributed by atoms with E-state index < -0.39 is 6.43 Å². The van der Waals surface area contributed by atoms with Crippen LogP contribution >= 0.6 is 15.9 Å². The number of nitrogens with one attached hydrogen (secondary N) is 1. The average molecular weight is 458 g/mol. The Morgan fingerprint density at radius 2 is 2.07 bits per heavy atom. The molecule has 1 aliphatic carbocycles. The largest absolute Gasteiger partial charge is 0.497 e. The standard InChI is InChI=1S/C19H22BrF2N3O3/c1-10(13-8-12(27-2)6-7-14(13)28-3)23-15(26)9-25-18(11-4-5-11)16(20)17(24-25)19(21)22/h6-8,10-11,19H,4-5,9H2,1-3H3,(H,23,26). The molecule has 0 spiro atoms. The molecule has 6 nitrogen and oxygen atoms in total. The Morgan fingerprint density at radius 3 is 2.64 bits per heavy atom. The normalized spacial score (nSPS) is 14.8. The van der Waals surface area contributed by atoms with E-state index in [1.807, 2.05) is 6.92 Å². The van der Waals surface area contributed by atoms with E-state index in [1.165, 1.54) is 4.68 Å². The lowest BCUT2D eigenvalue weighted by atomic mass is 10.1. The molecule has 152 valence electrons. The lowest BCUT2D eigenvalue weighted by Gasteiger charge is -2.18. The number of hydrogen-bond acceptors (Lipinski definition) is 4. The van der Waals surface area contributed by atoms with Gasteiger partial charge in [0.2, 0.25) is 5.91 Å². The van der Waals surface area contributed by atoms with E-state index in [0.717, 1.165) is 18.4 Å². The molecule has 0 radical (unpaired) electrons. The molecule has 1 amide bonds. The number of nitrogens with zero attached hydrogens (tertiary/aromatic N) is 2. The van der Waals surface area contributed by atoms with E-state index in [2.05, 4.69) is 26.3 Å². The van der Waals surface area contributed by atoms with Crippen molar-refractivity contribution in [2.45, 2.75) is 44.7 Å². The summed E-state index contributed by atoms with van der Waals surface area (Å²) in [6.07, 6.45) is -0.881. The first-order valence-electron chi connectivity index (χ1n) is 8.91. The maximum Gasteiger partial charge on any atom is 0.283 e. The van der Waals surface area contributed by atoms with Gasteiger partial charge < -0.3 is 14.8 Å². The van der Waals surface area contributed by atoms with Gasteiger partial charge in [-0.25, -0.2) is 8.78 Å². The SMILES string of the molecule is COc1ccc(OC)c(C(C)NC(=O)Cn2nc(C(F)F)c(Br)c2C2CC2)c1. The van der Waals surface area contributed by atoms with E-state index >= 15 is 0 Å². The van der Waals surface area contributed by atoms with Gasteiger partial charge in [-0.1, -0.05) is 0 Å². The number of carbonyl (C=O) groups is 1. The summed E-state index contributed by atoms with van der Waals surface area (Å²) in [5.74, 6) is 1.10. The highest BCUT2D eigenvalue weighted by molar-refractivity contribution is 9.10. The van der Waals surface area contributed by atoms with Gasteiger partial charge in [-0.15, -0.1) is 0 Å². The van der Waals surface area contributed by atoms with Crippen LogP contribution in [-0.2, 0) is 11.3 Å².